The van der Waals surface area contributed by atoms with Crippen molar-refractivity contribution in [1.82, 2.24) is 4.90 Å². The molecule has 0 amide bonds. The molecule has 0 atom stereocenters. The van der Waals surface area contributed by atoms with Gasteiger partial charge in [0.15, 0.2) is 11.5 Å². The van der Waals surface area contributed by atoms with Gasteiger partial charge in [0.25, 0.3) is 10.0 Å². The maximum absolute atomic E-state index is 12.7. The number of anilines is 1. The molecule has 2 aliphatic rings. The fourth-order valence-corrected chi connectivity index (χ4v) is 4.38. The van der Waals surface area contributed by atoms with E-state index in [1.807, 2.05) is 0 Å². The highest BCUT2D eigenvalue weighted by molar-refractivity contribution is 7.92. The summed E-state index contributed by atoms with van der Waals surface area (Å²) in [4.78, 5) is 2.42. The van der Waals surface area contributed by atoms with Gasteiger partial charge < -0.3 is 19.1 Å². The minimum absolute atomic E-state index is 0.128. The van der Waals surface area contributed by atoms with Crippen molar-refractivity contribution in [3.8, 4) is 17.2 Å². The van der Waals surface area contributed by atoms with Crippen LogP contribution < -0.4 is 18.9 Å². The Morgan fingerprint density at radius 2 is 1.68 bits per heavy atom. The van der Waals surface area contributed by atoms with Crippen molar-refractivity contribution >= 4 is 15.7 Å². The topological polar surface area (TPSA) is 77.1 Å². The molecule has 8 heteroatoms. The molecule has 1 N–H and O–H groups in total. The second-order valence-electron chi connectivity index (χ2n) is 7.06. The molecule has 1 fully saturated rings. The zero-order valence-electron chi connectivity index (χ0n) is 15.8. The first-order valence-corrected chi connectivity index (χ1v) is 10.9. The number of nitrogens with one attached hydrogen (secondary N) is 1. The molecule has 28 heavy (non-hydrogen) atoms. The van der Waals surface area contributed by atoms with Crippen molar-refractivity contribution in [2.75, 3.05) is 38.1 Å². The van der Waals surface area contributed by atoms with Crippen LogP contribution in [0.5, 0.6) is 17.2 Å². The maximum Gasteiger partial charge on any atom is 0.262 e. The molecule has 7 nitrogen and oxygen atoms in total. The lowest BCUT2D eigenvalue weighted by Crippen LogP contribution is -2.35. The van der Waals surface area contributed by atoms with Gasteiger partial charge in [-0.2, -0.15) is 0 Å². The molecule has 0 aromatic heterocycles. The van der Waals surface area contributed by atoms with Crippen molar-refractivity contribution in [3.63, 3.8) is 0 Å². The summed E-state index contributed by atoms with van der Waals surface area (Å²) in [7, 11) is -1.61. The van der Waals surface area contributed by atoms with E-state index in [1.54, 1.807) is 30.3 Å². The molecule has 0 bridgehead atoms. The Hall–Kier alpha value is -2.45. The van der Waals surface area contributed by atoms with Crippen LogP contribution in [0.15, 0.2) is 47.4 Å². The molecule has 2 aromatic rings. The number of rotatable bonds is 5. The Morgan fingerprint density at radius 3 is 2.39 bits per heavy atom. The van der Waals surface area contributed by atoms with E-state index in [4.69, 9.17) is 14.2 Å². The van der Waals surface area contributed by atoms with Crippen LogP contribution in [0.25, 0.3) is 0 Å². The summed E-state index contributed by atoms with van der Waals surface area (Å²) in [5, 5.41) is 0. The molecular formula is C20H24N2O5S. The molecule has 150 valence electrons. The van der Waals surface area contributed by atoms with E-state index in [2.05, 4.69) is 16.7 Å². The number of fused-ring (bicyclic) bond motifs is 1. The van der Waals surface area contributed by atoms with Crippen LogP contribution in [0, 0.1) is 0 Å². The predicted molar refractivity (Wildman–Crippen MR) is 106 cm³/mol. The minimum Gasteiger partial charge on any atom is -0.490 e. The second-order valence-corrected chi connectivity index (χ2v) is 8.74. The van der Waals surface area contributed by atoms with Crippen LogP contribution in [0.4, 0.5) is 5.69 Å². The number of likely N-dealkylation sites (tertiary alicyclic amines) is 1. The number of benzene rings is 2. The number of piperidine rings is 1. The molecule has 0 spiro atoms. The van der Waals surface area contributed by atoms with Crippen LogP contribution in [-0.2, 0) is 10.0 Å². The fraction of sp³-hybridized carbons (Fsp3) is 0.400. The van der Waals surface area contributed by atoms with E-state index < -0.39 is 10.0 Å². The van der Waals surface area contributed by atoms with Crippen molar-refractivity contribution in [3.05, 3.63) is 42.5 Å². The quantitative estimate of drug-likeness (QED) is 0.826. The van der Waals surface area contributed by atoms with E-state index >= 15 is 0 Å². The van der Waals surface area contributed by atoms with E-state index in [9.17, 15) is 8.42 Å². The van der Waals surface area contributed by atoms with Crippen LogP contribution in [0.1, 0.15) is 12.8 Å². The molecule has 0 saturated carbocycles. The van der Waals surface area contributed by atoms with Gasteiger partial charge in [0.1, 0.15) is 25.1 Å². The van der Waals surface area contributed by atoms with Crippen LogP contribution in [0.2, 0.25) is 0 Å². The van der Waals surface area contributed by atoms with Crippen molar-refractivity contribution in [2.45, 2.75) is 23.8 Å². The molecule has 0 radical (unpaired) electrons. The highest BCUT2D eigenvalue weighted by Crippen LogP contribution is 2.33. The molecular weight excluding hydrogens is 380 g/mol. The van der Waals surface area contributed by atoms with Gasteiger partial charge in [-0.3, -0.25) is 4.72 Å². The highest BCUT2D eigenvalue weighted by atomic mass is 32.2. The first-order chi connectivity index (χ1) is 13.5. The lowest BCUT2D eigenvalue weighted by Gasteiger charge is -2.29. The van der Waals surface area contributed by atoms with E-state index in [1.165, 1.54) is 12.1 Å². The maximum atomic E-state index is 12.7. The molecule has 0 unspecified atom stereocenters. The van der Waals surface area contributed by atoms with Gasteiger partial charge in [-0.1, -0.05) is 0 Å². The third-order valence-corrected chi connectivity index (χ3v) is 6.28. The number of ether oxygens (including phenoxy) is 3. The van der Waals surface area contributed by atoms with Crippen LogP contribution in [-0.4, -0.2) is 52.8 Å². The average Bonchev–Trinajstić information content (AvgIpc) is 2.70. The molecule has 2 aliphatic heterocycles. The van der Waals surface area contributed by atoms with Crippen molar-refractivity contribution < 1.29 is 22.6 Å². The Labute approximate surface area is 165 Å². The molecule has 1 saturated heterocycles. The average molecular weight is 404 g/mol. The number of nitrogens with zero attached hydrogens (tertiary/aromatic N) is 1. The Balaban J connectivity index is 1.42. The predicted octanol–water partition coefficient (Wildman–Crippen LogP) is 2.73. The zero-order valence-corrected chi connectivity index (χ0v) is 16.6. The third kappa shape index (κ3) is 4.34. The Morgan fingerprint density at radius 1 is 1.00 bits per heavy atom. The van der Waals surface area contributed by atoms with Gasteiger partial charge in [-0.15, -0.1) is 0 Å². The Bertz CT molecular complexity index is 922. The summed E-state index contributed by atoms with van der Waals surface area (Å²) < 4.78 is 44.8. The first-order valence-electron chi connectivity index (χ1n) is 9.37. The third-order valence-electron chi connectivity index (χ3n) is 4.90. The van der Waals surface area contributed by atoms with Gasteiger partial charge in [-0.05, 0) is 56.3 Å². The second kappa shape index (κ2) is 7.89. The van der Waals surface area contributed by atoms with E-state index in [0.717, 1.165) is 31.7 Å². The van der Waals surface area contributed by atoms with Crippen molar-refractivity contribution in [2.24, 2.45) is 0 Å². The molecule has 0 aliphatic carbocycles. The molecule has 4 rings (SSSR count). The smallest absolute Gasteiger partial charge is 0.262 e. The van der Waals surface area contributed by atoms with E-state index in [-0.39, 0.29) is 11.0 Å². The van der Waals surface area contributed by atoms with Gasteiger partial charge in [0.05, 0.1) is 4.90 Å². The van der Waals surface area contributed by atoms with Gasteiger partial charge in [0, 0.05) is 24.8 Å². The SMILES string of the molecule is CN1CCC(Oc2ccc(NS(=O)(=O)c3ccc4c(c3)OCCO4)cc2)CC1. The van der Waals surface area contributed by atoms with Gasteiger partial charge >= 0.3 is 0 Å². The van der Waals surface area contributed by atoms with Crippen LogP contribution in [0.3, 0.4) is 0 Å². The van der Waals surface area contributed by atoms with Crippen molar-refractivity contribution in [1.29, 1.82) is 0 Å². The summed E-state index contributed by atoms with van der Waals surface area (Å²) in [5.74, 6) is 1.74. The van der Waals surface area contributed by atoms with E-state index in [0.29, 0.717) is 30.4 Å². The normalized spacial score (nSPS) is 17.9. The Kier molecular flexibility index (Phi) is 5.32. The zero-order chi connectivity index (χ0) is 19.6. The molecule has 2 aromatic carbocycles. The van der Waals surface area contributed by atoms with Crippen LogP contribution >= 0.6 is 0 Å². The minimum atomic E-state index is -3.72. The first kappa shape index (κ1) is 18.9. The summed E-state index contributed by atoms with van der Waals surface area (Å²) >= 11 is 0. The van der Waals surface area contributed by atoms with Gasteiger partial charge in [0.2, 0.25) is 0 Å². The lowest BCUT2D eigenvalue weighted by atomic mass is 10.1. The molecule has 2 heterocycles. The summed E-state index contributed by atoms with van der Waals surface area (Å²) in [6, 6.07) is 11.6. The summed E-state index contributed by atoms with van der Waals surface area (Å²) in [6.07, 6.45) is 2.20. The standard InChI is InChI=1S/C20H24N2O5S/c1-22-10-8-17(9-11-22)27-16-4-2-15(3-5-16)21-28(23,24)18-6-7-19-20(14-18)26-13-12-25-19/h2-7,14,17,21H,8-13H2,1H3. The number of hydrogen-bond acceptors (Lipinski definition) is 6. The number of hydrogen-bond donors (Lipinski definition) is 1. The monoisotopic (exact) mass is 404 g/mol. The van der Waals surface area contributed by atoms with Gasteiger partial charge in [-0.25, -0.2) is 8.42 Å². The number of sulfonamides is 1. The fourth-order valence-electron chi connectivity index (χ4n) is 3.30. The lowest BCUT2D eigenvalue weighted by molar-refractivity contribution is 0.114. The summed E-state index contributed by atoms with van der Waals surface area (Å²) in [6.45, 7) is 2.92. The summed E-state index contributed by atoms with van der Waals surface area (Å²) in [5.41, 5.74) is 0.477. The largest absolute Gasteiger partial charge is 0.490 e. The highest BCUT2D eigenvalue weighted by Gasteiger charge is 2.20.